The van der Waals surface area contributed by atoms with Gasteiger partial charge >= 0.3 is 5.97 Å². The molecule has 13 heavy (non-hydrogen) atoms. The Morgan fingerprint density at radius 1 is 1.62 bits per heavy atom. The molecule has 1 unspecified atom stereocenters. The topological polar surface area (TPSA) is 38.3 Å². The molecule has 0 bridgehead atoms. The highest BCUT2D eigenvalue weighted by atomic mass is 32.2. The molecule has 78 valence electrons. The SMILES string of the molecule is CCOC(=O)C(C)NCCCSC. The fraction of sp³-hybridized carbons (Fsp3) is 0.889. The standard InChI is InChI=1S/C9H19NO2S/c1-4-12-9(11)8(2)10-6-5-7-13-3/h8,10H,4-7H2,1-3H3. The zero-order chi connectivity index (χ0) is 10.1. The van der Waals surface area contributed by atoms with Gasteiger partial charge in [0, 0.05) is 0 Å². The van der Waals surface area contributed by atoms with Gasteiger partial charge < -0.3 is 10.1 Å². The molecule has 0 amide bonds. The van der Waals surface area contributed by atoms with E-state index in [1.165, 1.54) is 0 Å². The first-order valence-corrected chi connectivity index (χ1v) is 6.00. The minimum absolute atomic E-state index is 0.161. The molecule has 0 aromatic heterocycles. The quantitative estimate of drug-likeness (QED) is 0.502. The van der Waals surface area contributed by atoms with Crippen molar-refractivity contribution in [2.75, 3.05) is 25.2 Å². The van der Waals surface area contributed by atoms with E-state index in [1.54, 1.807) is 0 Å². The fourth-order valence-electron chi connectivity index (χ4n) is 0.886. The normalized spacial score (nSPS) is 12.5. The Morgan fingerprint density at radius 2 is 2.31 bits per heavy atom. The maximum absolute atomic E-state index is 11.1. The summed E-state index contributed by atoms with van der Waals surface area (Å²) in [5, 5.41) is 3.11. The highest BCUT2D eigenvalue weighted by Gasteiger charge is 2.11. The van der Waals surface area contributed by atoms with Gasteiger partial charge in [0.1, 0.15) is 6.04 Å². The third-order valence-corrected chi connectivity index (χ3v) is 2.31. The summed E-state index contributed by atoms with van der Waals surface area (Å²) in [7, 11) is 0. The van der Waals surface area contributed by atoms with Gasteiger partial charge in [0.05, 0.1) is 6.61 Å². The molecule has 0 saturated carbocycles. The van der Waals surface area contributed by atoms with Crippen LogP contribution in [0.3, 0.4) is 0 Å². The lowest BCUT2D eigenvalue weighted by molar-refractivity contribution is -0.145. The van der Waals surface area contributed by atoms with Crippen molar-refractivity contribution in [2.24, 2.45) is 0 Å². The van der Waals surface area contributed by atoms with Crippen molar-refractivity contribution in [1.29, 1.82) is 0 Å². The maximum atomic E-state index is 11.1. The Kier molecular flexibility index (Phi) is 8.24. The molecule has 0 spiro atoms. The lowest BCUT2D eigenvalue weighted by atomic mass is 10.3. The third kappa shape index (κ3) is 6.90. The van der Waals surface area contributed by atoms with E-state index in [4.69, 9.17) is 4.74 Å². The van der Waals surface area contributed by atoms with Gasteiger partial charge in [-0.2, -0.15) is 11.8 Å². The molecule has 1 N–H and O–H groups in total. The minimum atomic E-state index is -0.179. The number of hydrogen-bond donors (Lipinski definition) is 1. The first-order valence-electron chi connectivity index (χ1n) is 4.61. The Hall–Kier alpha value is -0.220. The Bertz CT molecular complexity index is 142. The molecule has 0 fully saturated rings. The van der Waals surface area contributed by atoms with Crippen LogP contribution in [0.15, 0.2) is 0 Å². The molecule has 0 aliphatic rings. The zero-order valence-electron chi connectivity index (χ0n) is 8.63. The molecule has 0 saturated heterocycles. The second-order valence-corrected chi connectivity index (χ2v) is 3.76. The van der Waals surface area contributed by atoms with Crippen LogP contribution in [0.1, 0.15) is 20.3 Å². The number of nitrogens with one attached hydrogen (secondary N) is 1. The molecule has 1 atom stereocenters. The lowest BCUT2D eigenvalue weighted by Crippen LogP contribution is -2.36. The fourth-order valence-corrected chi connectivity index (χ4v) is 1.32. The molecule has 0 aliphatic heterocycles. The molecule has 0 heterocycles. The second kappa shape index (κ2) is 8.38. The van der Waals surface area contributed by atoms with Crippen LogP contribution in [0, 0.1) is 0 Å². The van der Waals surface area contributed by atoms with Crippen LogP contribution < -0.4 is 5.32 Å². The Balaban J connectivity index is 3.38. The van der Waals surface area contributed by atoms with Crippen LogP contribution in [0.2, 0.25) is 0 Å². The van der Waals surface area contributed by atoms with Crippen molar-refractivity contribution in [3.05, 3.63) is 0 Å². The smallest absolute Gasteiger partial charge is 0.322 e. The van der Waals surface area contributed by atoms with Crippen LogP contribution in [0.5, 0.6) is 0 Å². The first kappa shape index (κ1) is 12.8. The molecule has 3 nitrogen and oxygen atoms in total. The zero-order valence-corrected chi connectivity index (χ0v) is 9.45. The van der Waals surface area contributed by atoms with Crippen LogP contribution in [0.25, 0.3) is 0 Å². The van der Waals surface area contributed by atoms with E-state index in [0.717, 1.165) is 18.7 Å². The van der Waals surface area contributed by atoms with Gasteiger partial charge in [-0.1, -0.05) is 0 Å². The van der Waals surface area contributed by atoms with E-state index in [9.17, 15) is 4.79 Å². The number of hydrogen-bond acceptors (Lipinski definition) is 4. The molecule has 0 rings (SSSR count). The second-order valence-electron chi connectivity index (χ2n) is 2.77. The van der Waals surface area contributed by atoms with Crippen LogP contribution in [0.4, 0.5) is 0 Å². The summed E-state index contributed by atoms with van der Waals surface area (Å²) < 4.78 is 4.85. The summed E-state index contributed by atoms with van der Waals surface area (Å²) in [6.45, 7) is 4.98. The monoisotopic (exact) mass is 205 g/mol. The van der Waals surface area contributed by atoms with E-state index < -0.39 is 0 Å². The maximum Gasteiger partial charge on any atom is 0.322 e. The number of thioether (sulfide) groups is 1. The minimum Gasteiger partial charge on any atom is -0.465 e. The van der Waals surface area contributed by atoms with Gasteiger partial charge in [-0.05, 0) is 38.8 Å². The molecular weight excluding hydrogens is 186 g/mol. The lowest BCUT2D eigenvalue weighted by Gasteiger charge is -2.11. The predicted molar refractivity (Wildman–Crippen MR) is 57.1 cm³/mol. The third-order valence-electron chi connectivity index (χ3n) is 1.62. The van der Waals surface area contributed by atoms with Gasteiger partial charge in [0.15, 0.2) is 0 Å². The van der Waals surface area contributed by atoms with Crippen molar-refractivity contribution in [1.82, 2.24) is 5.32 Å². The summed E-state index contributed by atoms with van der Waals surface area (Å²) in [4.78, 5) is 11.1. The van der Waals surface area contributed by atoms with E-state index in [1.807, 2.05) is 25.6 Å². The molecule has 0 aliphatic carbocycles. The number of ether oxygens (including phenoxy) is 1. The van der Waals surface area contributed by atoms with Gasteiger partial charge in [-0.15, -0.1) is 0 Å². The Morgan fingerprint density at radius 3 is 2.85 bits per heavy atom. The van der Waals surface area contributed by atoms with Crippen molar-refractivity contribution in [2.45, 2.75) is 26.3 Å². The average molecular weight is 205 g/mol. The molecule has 0 radical (unpaired) electrons. The average Bonchev–Trinajstić information content (AvgIpc) is 2.12. The van der Waals surface area contributed by atoms with Crippen molar-refractivity contribution >= 4 is 17.7 Å². The summed E-state index contributed by atoms with van der Waals surface area (Å²) in [6, 6.07) is -0.179. The van der Waals surface area contributed by atoms with E-state index in [2.05, 4.69) is 11.6 Å². The Labute approximate surface area is 84.6 Å². The summed E-state index contributed by atoms with van der Waals surface area (Å²) in [6.07, 6.45) is 3.17. The summed E-state index contributed by atoms with van der Waals surface area (Å²) in [5.74, 6) is 0.967. The van der Waals surface area contributed by atoms with Crippen LogP contribution in [-0.4, -0.2) is 37.2 Å². The van der Waals surface area contributed by atoms with Gasteiger partial charge in [-0.3, -0.25) is 4.79 Å². The van der Waals surface area contributed by atoms with E-state index >= 15 is 0 Å². The molecule has 0 aromatic rings. The number of carbonyl (C=O) groups excluding carboxylic acids is 1. The molecular formula is C9H19NO2S. The summed E-state index contributed by atoms with van der Waals surface area (Å²) >= 11 is 1.82. The summed E-state index contributed by atoms with van der Waals surface area (Å²) in [5.41, 5.74) is 0. The van der Waals surface area contributed by atoms with Crippen molar-refractivity contribution in [3.63, 3.8) is 0 Å². The first-order chi connectivity index (χ1) is 6.22. The highest BCUT2D eigenvalue weighted by molar-refractivity contribution is 7.98. The van der Waals surface area contributed by atoms with Gasteiger partial charge in [0.2, 0.25) is 0 Å². The van der Waals surface area contributed by atoms with Gasteiger partial charge in [0.25, 0.3) is 0 Å². The number of esters is 1. The van der Waals surface area contributed by atoms with Crippen LogP contribution >= 0.6 is 11.8 Å². The molecule has 0 aromatic carbocycles. The number of rotatable bonds is 7. The van der Waals surface area contributed by atoms with E-state index in [-0.39, 0.29) is 12.0 Å². The van der Waals surface area contributed by atoms with Crippen molar-refractivity contribution < 1.29 is 9.53 Å². The highest BCUT2D eigenvalue weighted by Crippen LogP contribution is 1.94. The number of carbonyl (C=O) groups is 1. The van der Waals surface area contributed by atoms with E-state index in [0.29, 0.717) is 6.61 Å². The van der Waals surface area contributed by atoms with Gasteiger partial charge in [-0.25, -0.2) is 0 Å². The molecule has 4 heteroatoms. The largest absolute Gasteiger partial charge is 0.465 e. The van der Waals surface area contributed by atoms with Crippen LogP contribution in [-0.2, 0) is 9.53 Å². The van der Waals surface area contributed by atoms with Crippen molar-refractivity contribution in [3.8, 4) is 0 Å². The predicted octanol–water partition coefficient (Wildman–Crippen LogP) is 1.28.